The number of likely N-dealkylation sites (tertiary alicyclic amines) is 2. The van der Waals surface area contributed by atoms with Gasteiger partial charge in [0.15, 0.2) is 0 Å². The van der Waals surface area contributed by atoms with Crippen LogP contribution in [0.4, 0.5) is 0 Å². The van der Waals surface area contributed by atoms with E-state index in [0.29, 0.717) is 31.5 Å². The molecule has 2 amide bonds. The van der Waals surface area contributed by atoms with Crippen molar-refractivity contribution < 1.29 is 14.7 Å². The van der Waals surface area contributed by atoms with Gasteiger partial charge in [-0.1, -0.05) is 15.9 Å². The molecule has 124 valence electrons. The van der Waals surface area contributed by atoms with Crippen molar-refractivity contribution in [1.82, 2.24) is 9.80 Å². The van der Waals surface area contributed by atoms with Crippen LogP contribution in [0.15, 0.2) is 22.7 Å². The summed E-state index contributed by atoms with van der Waals surface area (Å²) in [5.41, 5.74) is 0.309. The predicted molar refractivity (Wildman–Crippen MR) is 90.2 cm³/mol. The number of hydrogen-bond donors (Lipinski definition) is 1. The van der Waals surface area contributed by atoms with E-state index in [9.17, 15) is 14.7 Å². The van der Waals surface area contributed by atoms with Crippen molar-refractivity contribution in [1.29, 1.82) is 0 Å². The molecule has 0 aromatic heterocycles. The van der Waals surface area contributed by atoms with Gasteiger partial charge in [-0.3, -0.25) is 9.59 Å². The van der Waals surface area contributed by atoms with Crippen LogP contribution in [0.2, 0.25) is 0 Å². The molecule has 0 aliphatic carbocycles. The van der Waals surface area contributed by atoms with Gasteiger partial charge in [0.1, 0.15) is 5.75 Å². The van der Waals surface area contributed by atoms with Crippen molar-refractivity contribution in [3.63, 3.8) is 0 Å². The van der Waals surface area contributed by atoms with Crippen LogP contribution in [-0.4, -0.2) is 52.9 Å². The van der Waals surface area contributed by atoms with Crippen LogP contribution in [-0.2, 0) is 4.79 Å². The molecule has 1 aromatic rings. The highest BCUT2D eigenvalue weighted by molar-refractivity contribution is 9.10. The van der Waals surface area contributed by atoms with Gasteiger partial charge in [-0.2, -0.15) is 0 Å². The molecule has 0 unspecified atom stereocenters. The number of carbonyl (C=O) groups excluding carboxylic acids is 2. The molecule has 0 spiro atoms. The number of phenols is 1. The number of phenolic OH excluding ortho intramolecular Hbond substituents is 1. The van der Waals surface area contributed by atoms with E-state index >= 15 is 0 Å². The van der Waals surface area contributed by atoms with Crippen LogP contribution < -0.4 is 0 Å². The summed E-state index contributed by atoms with van der Waals surface area (Å²) in [6.45, 7) is 2.89. The summed E-state index contributed by atoms with van der Waals surface area (Å²) < 4.78 is 0.762. The summed E-state index contributed by atoms with van der Waals surface area (Å²) >= 11 is 3.32. The molecule has 2 fully saturated rings. The van der Waals surface area contributed by atoms with Gasteiger partial charge in [-0.15, -0.1) is 0 Å². The van der Waals surface area contributed by atoms with Gasteiger partial charge < -0.3 is 14.9 Å². The molecule has 23 heavy (non-hydrogen) atoms. The number of halogens is 1. The van der Waals surface area contributed by atoms with Crippen LogP contribution >= 0.6 is 15.9 Å². The third-order valence-corrected chi connectivity index (χ3v) is 5.23. The first-order valence-corrected chi connectivity index (χ1v) is 8.92. The molecule has 6 heteroatoms. The van der Waals surface area contributed by atoms with Crippen LogP contribution in [0, 0.1) is 5.92 Å². The number of nitrogens with zero attached hydrogens (tertiary/aromatic N) is 2. The quantitative estimate of drug-likeness (QED) is 0.857. The number of carbonyl (C=O) groups is 2. The number of benzene rings is 1. The van der Waals surface area contributed by atoms with Crippen LogP contribution in [0.5, 0.6) is 5.75 Å². The second kappa shape index (κ2) is 6.91. The minimum atomic E-state index is -0.170. The Labute approximate surface area is 144 Å². The van der Waals surface area contributed by atoms with E-state index in [1.807, 2.05) is 4.90 Å². The van der Waals surface area contributed by atoms with Gasteiger partial charge in [0, 0.05) is 36.6 Å². The Morgan fingerprint density at radius 3 is 2.35 bits per heavy atom. The lowest BCUT2D eigenvalue weighted by atomic mass is 9.95. The zero-order valence-electron chi connectivity index (χ0n) is 13.0. The highest BCUT2D eigenvalue weighted by Crippen LogP contribution is 2.27. The van der Waals surface area contributed by atoms with Gasteiger partial charge in [-0.05, 0) is 43.9 Å². The summed E-state index contributed by atoms with van der Waals surface area (Å²) in [6.07, 6.45) is 3.61. The SMILES string of the molecule is O=C(c1cc(Br)ccc1O)N1CCC(C(=O)N2CCCC2)CC1. The molecule has 0 atom stereocenters. The fourth-order valence-electron chi connectivity index (χ4n) is 3.38. The summed E-state index contributed by atoms with van der Waals surface area (Å²) in [4.78, 5) is 28.7. The third-order valence-electron chi connectivity index (χ3n) is 4.74. The van der Waals surface area contributed by atoms with Gasteiger partial charge >= 0.3 is 0 Å². The van der Waals surface area contributed by atoms with E-state index < -0.39 is 0 Å². The first-order chi connectivity index (χ1) is 11.1. The van der Waals surface area contributed by atoms with Gasteiger partial charge in [0.2, 0.25) is 5.91 Å². The Morgan fingerprint density at radius 2 is 1.70 bits per heavy atom. The van der Waals surface area contributed by atoms with Crippen LogP contribution in [0.3, 0.4) is 0 Å². The summed E-state index contributed by atoms with van der Waals surface area (Å²) in [5.74, 6) is 0.109. The van der Waals surface area contributed by atoms with E-state index in [-0.39, 0.29) is 23.5 Å². The zero-order valence-corrected chi connectivity index (χ0v) is 14.6. The fraction of sp³-hybridized carbons (Fsp3) is 0.529. The Balaban J connectivity index is 1.61. The van der Waals surface area contributed by atoms with Crippen molar-refractivity contribution in [2.24, 2.45) is 5.92 Å². The monoisotopic (exact) mass is 380 g/mol. The number of aromatic hydroxyl groups is 1. The summed E-state index contributed by atoms with van der Waals surface area (Å²) in [7, 11) is 0. The second-order valence-corrected chi connectivity index (χ2v) is 7.18. The minimum Gasteiger partial charge on any atom is -0.507 e. The zero-order chi connectivity index (χ0) is 16.4. The Kier molecular flexibility index (Phi) is 4.90. The molecule has 1 aromatic carbocycles. The average Bonchev–Trinajstić information content (AvgIpc) is 3.10. The Bertz CT molecular complexity index is 606. The van der Waals surface area contributed by atoms with Gasteiger partial charge in [-0.25, -0.2) is 0 Å². The molecular formula is C17H21BrN2O3. The van der Waals surface area contributed by atoms with Crippen LogP contribution in [0.25, 0.3) is 0 Å². The maximum absolute atomic E-state index is 12.6. The molecular weight excluding hydrogens is 360 g/mol. The predicted octanol–water partition coefficient (Wildman–Crippen LogP) is 2.63. The smallest absolute Gasteiger partial charge is 0.257 e. The molecule has 3 rings (SSSR count). The van der Waals surface area contributed by atoms with Crippen molar-refractivity contribution in [2.45, 2.75) is 25.7 Å². The largest absolute Gasteiger partial charge is 0.507 e. The molecule has 0 bridgehead atoms. The van der Waals surface area contributed by atoms with Crippen molar-refractivity contribution in [3.05, 3.63) is 28.2 Å². The standard InChI is InChI=1S/C17H21BrN2O3/c18-13-3-4-15(21)14(11-13)17(23)20-9-5-12(6-10-20)16(22)19-7-1-2-8-19/h3-4,11-12,21H,1-2,5-10H2. The highest BCUT2D eigenvalue weighted by Gasteiger charge is 2.32. The topological polar surface area (TPSA) is 60.9 Å². The Morgan fingerprint density at radius 1 is 1.04 bits per heavy atom. The second-order valence-electron chi connectivity index (χ2n) is 6.26. The maximum Gasteiger partial charge on any atom is 0.257 e. The van der Waals surface area contributed by atoms with E-state index in [2.05, 4.69) is 15.9 Å². The lowest BCUT2D eigenvalue weighted by Crippen LogP contribution is -2.43. The van der Waals surface area contributed by atoms with Gasteiger partial charge in [0.05, 0.1) is 5.56 Å². The first-order valence-electron chi connectivity index (χ1n) is 8.13. The normalized spacial score (nSPS) is 19.2. The molecule has 2 aliphatic heterocycles. The minimum absolute atomic E-state index is 0.00605. The van der Waals surface area contributed by atoms with Crippen molar-refractivity contribution in [2.75, 3.05) is 26.2 Å². The fourth-order valence-corrected chi connectivity index (χ4v) is 3.74. The molecule has 0 radical (unpaired) electrons. The molecule has 1 N–H and O–H groups in total. The first kappa shape index (κ1) is 16.3. The van der Waals surface area contributed by atoms with Gasteiger partial charge in [0.25, 0.3) is 5.91 Å². The Hall–Kier alpha value is -1.56. The number of rotatable bonds is 2. The van der Waals surface area contributed by atoms with E-state index in [1.165, 1.54) is 6.07 Å². The molecule has 2 aliphatic rings. The van der Waals surface area contributed by atoms with Crippen LogP contribution in [0.1, 0.15) is 36.0 Å². The maximum atomic E-state index is 12.6. The lowest BCUT2D eigenvalue weighted by Gasteiger charge is -2.33. The summed E-state index contributed by atoms with van der Waals surface area (Å²) in [6, 6.07) is 4.85. The van der Waals surface area contributed by atoms with Crippen molar-refractivity contribution in [3.8, 4) is 5.75 Å². The van der Waals surface area contributed by atoms with E-state index in [0.717, 1.165) is 30.4 Å². The number of hydrogen-bond acceptors (Lipinski definition) is 3. The van der Waals surface area contributed by atoms with Crippen molar-refractivity contribution >= 4 is 27.7 Å². The lowest BCUT2D eigenvalue weighted by molar-refractivity contribution is -0.135. The highest BCUT2D eigenvalue weighted by atomic mass is 79.9. The molecule has 5 nitrogen and oxygen atoms in total. The average molecular weight is 381 g/mol. The molecule has 2 saturated heterocycles. The van der Waals surface area contributed by atoms with E-state index in [1.54, 1.807) is 17.0 Å². The molecule has 0 saturated carbocycles. The number of piperidine rings is 1. The molecule has 2 heterocycles. The van der Waals surface area contributed by atoms with E-state index in [4.69, 9.17) is 0 Å². The third kappa shape index (κ3) is 3.52. The summed E-state index contributed by atoms with van der Waals surface area (Å²) in [5, 5.41) is 9.89. The number of amides is 2.